The smallest absolute Gasteiger partial charge is 0.253 e. The molecule has 1 aliphatic rings. The van der Waals surface area contributed by atoms with Crippen LogP contribution in [-0.4, -0.2) is 72.4 Å². The Balaban J connectivity index is 1.58. The molecule has 1 heterocycles. The quantitative estimate of drug-likeness (QED) is 0.666. The normalized spacial score (nSPS) is 18.2. The van der Waals surface area contributed by atoms with Crippen molar-refractivity contribution in [1.82, 2.24) is 9.80 Å². The predicted octanol–water partition coefficient (Wildman–Crippen LogP) is 3.23. The molecule has 6 heteroatoms. The molecule has 1 amide bonds. The number of ether oxygens (including phenoxy) is 1. The number of hydrogen-bond donors (Lipinski definition) is 1. The number of rotatable bonds is 9. The fraction of sp³-hybridized carbons (Fsp3) is 0.480. The van der Waals surface area contributed by atoms with Gasteiger partial charge in [-0.2, -0.15) is 0 Å². The molecule has 31 heavy (non-hydrogen) atoms. The van der Waals surface area contributed by atoms with Gasteiger partial charge in [-0.3, -0.25) is 9.69 Å². The van der Waals surface area contributed by atoms with E-state index in [1.807, 2.05) is 30.3 Å². The maximum absolute atomic E-state index is 13.2. The van der Waals surface area contributed by atoms with Gasteiger partial charge in [0.1, 0.15) is 5.82 Å². The van der Waals surface area contributed by atoms with Crippen LogP contribution >= 0.6 is 0 Å². The van der Waals surface area contributed by atoms with E-state index in [-0.39, 0.29) is 17.8 Å². The zero-order valence-corrected chi connectivity index (χ0v) is 18.4. The Morgan fingerprint density at radius 1 is 1.19 bits per heavy atom. The third kappa shape index (κ3) is 7.42. The first-order chi connectivity index (χ1) is 14.9. The van der Waals surface area contributed by atoms with Crippen LogP contribution in [0.3, 0.4) is 0 Å². The maximum Gasteiger partial charge on any atom is 0.253 e. The van der Waals surface area contributed by atoms with Crippen LogP contribution in [0, 0.1) is 11.7 Å². The number of carbonyl (C=O) groups is 1. The lowest BCUT2D eigenvalue weighted by Gasteiger charge is -2.37. The summed E-state index contributed by atoms with van der Waals surface area (Å²) in [5, 5.41) is 10.5. The highest BCUT2D eigenvalue weighted by molar-refractivity contribution is 5.94. The van der Waals surface area contributed by atoms with Gasteiger partial charge in [0.25, 0.3) is 5.91 Å². The molecule has 2 aromatic rings. The Morgan fingerprint density at radius 3 is 2.58 bits per heavy atom. The number of β-amino-alcohol motifs (C(OH)–C–C–N with tert-alkyl or cyclic N) is 1. The molecular formula is C25H33FN2O3. The van der Waals surface area contributed by atoms with Gasteiger partial charge in [-0.1, -0.05) is 44.2 Å². The highest BCUT2D eigenvalue weighted by Crippen LogP contribution is 2.14. The molecule has 0 bridgehead atoms. The summed E-state index contributed by atoms with van der Waals surface area (Å²) in [6.07, 6.45) is 0.0420. The Bertz CT molecular complexity index is 813. The monoisotopic (exact) mass is 428 g/mol. The molecule has 0 aliphatic carbocycles. The van der Waals surface area contributed by atoms with E-state index in [0.717, 1.165) is 12.1 Å². The molecular weight excluding hydrogens is 395 g/mol. The van der Waals surface area contributed by atoms with Gasteiger partial charge in [-0.25, -0.2) is 4.39 Å². The lowest BCUT2D eigenvalue weighted by atomic mass is 10.1. The van der Waals surface area contributed by atoms with E-state index in [0.29, 0.717) is 50.7 Å². The van der Waals surface area contributed by atoms with Crippen molar-refractivity contribution in [2.75, 3.05) is 39.3 Å². The van der Waals surface area contributed by atoms with Gasteiger partial charge in [0.15, 0.2) is 0 Å². The topological polar surface area (TPSA) is 53.0 Å². The van der Waals surface area contributed by atoms with E-state index in [1.54, 1.807) is 4.90 Å². The number of aliphatic hydroxyl groups excluding tert-OH is 1. The molecule has 0 radical (unpaired) electrons. The van der Waals surface area contributed by atoms with Gasteiger partial charge in [0.2, 0.25) is 0 Å². The second-order valence-corrected chi connectivity index (χ2v) is 8.71. The number of aliphatic hydroxyl groups is 1. The number of benzene rings is 2. The first-order valence-corrected chi connectivity index (χ1v) is 11.0. The number of morpholine rings is 1. The lowest BCUT2D eigenvalue weighted by molar-refractivity contribution is -0.0510. The van der Waals surface area contributed by atoms with Crippen LogP contribution in [0.2, 0.25) is 0 Å². The van der Waals surface area contributed by atoms with Crippen molar-refractivity contribution in [3.05, 3.63) is 71.5 Å². The van der Waals surface area contributed by atoms with Crippen LogP contribution in [0.15, 0.2) is 54.6 Å². The van der Waals surface area contributed by atoms with Crippen LogP contribution in [0.25, 0.3) is 0 Å². The van der Waals surface area contributed by atoms with E-state index >= 15 is 0 Å². The van der Waals surface area contributed by atoms with Crippen molar-refractivity contribution in [3.63, 3.8) is 0 Å². The van der Waals surface area contributed by atoms with Crippen LogP contribution in [0.4, 0.5) is 4.39 Å². The van der Waals surface area contributed by atoms with Crippen molar-refractivity contribution in [1.29, 1.82) is 0 Å². The van der Waals surface area contributed by atoms with E-state index in [4.69, 9.17) is 4.74 Å². The molecule has 0 saturated carbocycles. The first kappa shape index (κ1) is 23.4. The number of hydrogen-bond acceptors (Lipinski definition) is 4. The van der Waals surface area contributed by atoms with Gasteiger partial charge in [-0.15, -0.1) is 0 Å². The summed E-state index contributed by atoms with van der Waals surface area (Å²) < 4.78 is 19.2. The average molecular weight is 429 g/mol. The summed E-state index contributed by atoms with van der Waals surface area (Å²) in [5.41, 5.74) is 1.60. The SMILES string of the molecule is CC(C)CN(C[C@@H]1CN(C[C@H](O)Cc2ccccc2)CCO1)C(=O)c1ccc(F)cc1. The van der Waals surface area contributed by atoms with E-state index in [9.17, 15) is 14.3 Å². The Morgan fingerprint density at radius 2 is 1.90 bits per heavy atom. The lowest BCUT2D eigenvalue weighted by Crippen LogP contribution is -2.51. The number of amides is 1. The van der Waals surface area contributed by atoms with E-state index in [2.05, 4.69) is 18.7 Å². The fourth-order valence-electron chi connectivity index (χ4n) is 4.01. The molecule has 0 aromatic heterocycles. The maximum atomic E-state index is 13.2. The standard InChI is InChI=1S/C25H33FN2O3/c1-19(2)15-28(25(30)21-8-10-22(26)11-9-21)18-24-17-27(12-13-31-24)16-23(29)14-20-6-4-3-5-7-20/h3-11,19,23-24,29H,12-18H2,1-2H3/t23-,24+/m1/s1. The minimum Gasteiger partial charge on any atom is -0.391 e. The number of nitrogens with zero attached hydrogens (tertiary/aromatic N) is 2. The molecule has 3 rings (SSSR count). The summed E-state index contributed by atoms with van der Waals surface area (Å²) in [4.78, 5) is 17.0. The zero-order chi connectivity index (χ0) is 22.2. The van der Waals surface area contributed by atoms with Crippen molar-refractivity contribution in [2.24, 2.45) is 5.92 Å². The minimum absolute atomic E-state index is 0.112. The molecule has 5 nitrogen and oxygen atoms in total. The molecule has 1 fully saturated rings. The average Bonchev–Trinajstić information content (AvgIpc) is 2.74. The first-order valence-electron chi connectivity index (χ1n) is 11.0. The van der Waals surface area contributed by atoms with Crippen molar-refractivity contribution >= 4 is 5.91 Å². The second kappa shape index (κ2) is 11.4. The van der Waals surface area contributed by atoms with Crippen molar-refractivity contribution in [3.8, 4) is 0 Å². The highest BCUT2D eigenvalue weighted by atomic mass is 19.1. The summed E-state index contributed by atoms with van der Waals surface area (Å²) in [6, 6.07) is 15.7. The van der Waals surface area contributed by atoms with E-state index in [1.165, 1.54) is 24.3 Å². The third-order valence-corrected chi connectivity index (χ3v) is 5.39. The van der Waals surface area contributed by atoms with Crippen molar-refractivity contribution < 1.29 is 19.0 Å². The van der Waals surface area contributed by atoms with Gasteiger partial charge in [0.05, 0.1) is 18.8 Å². The molecule has 2 aromatic carbocycles. The summed E-state index contributed by atoms with van der Waals surface area (Å²) in [5.74, 6) is -0.164. The van der Waals surface area contributed by atoms with Crippen molar-refractivity contribution in [2.45, 2.75) is 32.5 Å². The molecule has 1 aliphatic heterocycles. The van der Waals surface area contributed by atoms with Crippen LogP contribution in [-0.2, 0) is 11.2 Å². The third-order valence-electron chi connectivity index (χ3n) is 5.39. The molecule has 0 spiro atoms. The number of halogens is 1. The Hall–Kier alpha value is -2.28. The minimum atomic E-state index is -0.450. The highest BCUT2D eigenvalue weighted by Gasteiger charge is 2.27. The van der Waals surface area contributed by atoms with Gasteiger partial charge in [0, 0.05) is 38.3 Å². The summed E-state index contributed by atoms with van der Waals surface area (Å²) in [6.45, 7) is 7.79. The molecule has 0 unspecified atom stereocenters. The molecule has 2 atom stereocenters. The molecule has 1 saturated heterocycles. The van der Waals surface area contributed by atoms with Gasteiger partial charge < -0.3 is 14.7 Å². The van der Waals surface area contributed by atoms with Crippen LogP contribution in [0.1, 0.15) is 29.8 Å². The Kier molecular flexibility index (Phi) is 8.58. The summed E-state index contributed by atoms with van der Waals surface area (Å²) >= 11 is 0. The van der Waals surface area contributed by atoms with Gasteiger partial charge >= 0.3 is 0 Å². The summed E-state index contributed by atoms with van der Waals surface area (Å²) in [7, 11) is 0. The predicted molar refractivity (Wildman–Crippen MR) is 119 cm³/mol. The van der Waals surface area contributed by atoms with Crippen LogP contribution in [0.5, 0.6) is 0 Å². The Labute approximate surface area is 184 Å². The zero-order valence-electron chi connectivity index (χ0n) is 18.4. The van der Waals surface area contributed by atoms with Gasteiger partial charge in [-0.05, 0) is 42.2 Å². The largest absolute Gasteiger partial charge is 0.391 e. The van der Waals surface area contributed by atoms with E-state index < -0.39 is 6.10 Å². The second-order valence-electron chi connectivity index (χ2n) is 8.71. The molecule has 1 N–H and O–H groups in total. The number of carbonyl (C=O) groups excluding carboxylic acids is 1. The van der Waals surface area contributed by atoms with Crippen LogP contribution < -0.4 is 0 Å². The fourth-order valence-corrected chi connectivity index (χ4v) is 4.01. The molecule has 168 valence electrons.